The normalized spacial score (nSPS) is 19.5. The highest BCUT2D eigenvalue weighted by atomic mass is 16.5. The van der Waals surface area contributed by atoms with Crippen LogP contribution in [0.4, 0.5) is 11.6 Å². The Bertz CT molecular complexity index is 412. The summed E-state index contributed by atoms with van der Waals surface area (Å²) in [6.07, 6.45) is 2.49. The molecule has 3 N–H and O–H groups in total. The van der Waals surface area contributed by atoms with E-state index in [9.17, 15) is 0 Å². The van der Waals surface area contributed by atoms with Gasteiger partial charge in [-0.2, -0.15) is 0 Å². The maximum absolute atomic E-state index is 5.47. The Balaban J connectivity index is 2.17. The van der Waals surface area contributed by atoms with Crippen LogP contribution in [0.25, 0.3) is 0 Å². The average Bonchev–Trinajstić information content (AvgIpc) is 2.44. The lowest BCUT2D eigenvalue weighted by Gasteiger charge is -2.32. The summed E-state index contributed by atoms with van der Waals surface area (Å²) in [7, 11) is 0. The summed E-state index contributed by atoms with van der Waals surface area (Å²) in [4.78, 5) is 11.2. The molecule has 0 saturated carbocycles. The molecule has 0 spiro atoms. The molecule has 0 aliphatic carbocycles. The number of hydrogen-bond acceptors (Lipinski definition) is 6. The fraction of sp³-hybridized carbons (Fsp3) is 0.692. The molecule has 1 aliphatic rings. The van der Waals surface area contributed by atoms with Crippen LogP contribution in [0.3, 0.4) is 0 Å². The molecule has 1 saturated heterocycles. The van der Waals surface area contributed by atoms with Crippen LogP contribution >= 0.6 is 0 Å². The van der Waals surface area contributed by atoms with Gasteiger partial charge < -0.3 is 15.1 Å². The number of nitrogen functional groups attached to an aromatic ring is 1. The largest absolute Gasteiger partial charge is 0.374 e. The highest BCUT2D eigenvalue weighted by molar-refractivity contribution is 5.49. The number of ether oxygens (including phenoxy) is 1. The summed E-state index contributed by atoms with van der Waals surface area (Å²) >= 11 is 0. The molecule has 1 aromatic heterocycles. The van der Waals surface area contributed by atoms with Crippen molar-refractivity contribution in [2.45, 2.75) is 33.3 Å². The fourth-order valence-electron chi connectivity index (χ4n) is 2.37. The van der Waals surface area contributed by atoms with Crippen molar-refractivity contribution >= 4 is 11.6 Å². The summed E-state index contributed by atoms with van der Waals surface area (Å²) in [5.41, 5.74) is 2.60. The van der Waals surface area contributed by atoms with E-state index in [4.69, 9.17) is 10.6 Å². The summed E-state index contributed by atoms with van der Waals surface area (Å²) in [5, 5.41) is 0. The van der Waals surface area contributed by atoms with Gasteiger partial charge in [0.25, 0.3) is 0 Å². The number of hydrazine groups is 1. The second-order valence-corrected chi connectivity index (χ2v) is 5.00. The number of rotatable bonds is 5. The van der Waals surface area contributed by atoms with Crippen molar-refractivity contribution in [2.75, 3.05) is 30.0 Å². The molecule has 2 heterocycles. The number of nitrogens with one attached hydrogen (secondary N) is 1. The molecular weight excluding hydrogens is 242 g/mol. The molecule has 0 bridgehead atoms. The van der Waals surface area contributed by atoms with E-state index >= 15 is 0 Å². The zero-order chi connectivity index (χ0) is 13.7. The molecule has 106 valence electrons. The van der Waals surface area contributed by atoms with Gasteiger partial charge in [-0.3, -0.25) is 0 Å². The van der Waals surface area contributed by atoms with Gasteiger partial charge in [-0.25, -0.2) is 15.8 Å². The van der Waals surface area contributed by atoms with Crippen LogP contribution in [0.15, 0.2) is 6.07 Å². The van der Waals surface area contributed by atoms with Gasteiger partial charge in [0.15, 0.2) is 5.82 Å². The van der Waals surface area contributed by atoms with Crippen LogP contribution in [0.2, 0.25) is 0 Å². The number of piperidine rings is 1. The highest BCUT2D eigenvalue weighted by Crippen LogP contribution is 2.23. The van der Waals surface area contributed by atoms with Gasteiger partial charge >= 0.3 is 0 Å². The molecule has 1 unspecified atom stereocenters. The minimum atomic E-state index is 0.419. The van der Waals surface area contributed by atoms with Gasteiger partial charge in [-0.05, 0) is 25.7 Å². The van der Waals surface area contributed by atoms with Crippen molar-refractivity contribution in [3.05, 3.63) is 11.9 Å². The van der Waals surface area contributed by atoms with E-state index in [1.807, 2.05) is 13.0 Å². The first-order valence-electron chi connectivity index (χ1n) is 6.90. The van der Waals surface area contributed by atoms with Crippen molar-refractivity contribution in [3.63, 3.8) is 0 Å². The zero-order valence-corrected chi connectivity index (χ0v) is 11.7. The summed E-state index contributed by atoms with van der Waals surface area (Å²) in [5.74, 6) is 8.42. The third kappa shape index (κ3) is 3.78. The maximum Gasteiger partial charge on any atom is 0.158 e. The second kappa shape index (κ2) is 6.68. The van der Waals surface area contributed by atoms with E-state index in [0.717, 1.165) is 18.9 Å². The third-order valence-electron chi connectivity index (χ3n) is 3.32. The average molecular weight is 265 g/mol. The molecular formula is C13H23N5O. The van der Waals surface area contributed by atoms with Gasteiger partial charge in [-0.1, -0.05) is 6.92 Å². The van der Waals surface area contributed by atoms with E-state index in [0.29, 0.717) is 30.8 Å². The highest BCUT2D eigenvalue weighted by Gasteiger charge is 2.18. The van der Waals surface area contributed by atoms with Crippen molar-refractivity contribution in [1.82, 2.24) is 9.97 Å². The number of anilines is 2. The lowest BCUT2D eigenvalue weighted by molar-refractivity contribution is 0.128. The van der Waals surface area contributed by atoms with Crippen LogP contribution in [0, 0.1) is 5.92 Å². The van der Waals surface area contributed by atoms with Crippen LogP contribution in [0.1, 0.15) is 32.5 Å². The van der Waals surface area contributed by atoms with Gasteiger partial charge in [-0.15, -0.1) is 0 Å². The number of aromatic nitrogens is 2. The topological polar surface area (TPSA) is 76.3 Å². The van der Waals surface area contributed by atoms with Crippen LogP contribution < -0.4 is 16.2 Å². The molecule has 6 nitrogen and oxygen atoms in total. The molecule has 0 radical (unpaired) electrons. The van der Waals surface area contributed by atoms with E-state index in [2.05, 4.69) is 27.2 Å². The first-order valence-corrected chi connectivity index (χ1v) is 6.90. The van der Waals surface area contributed by atoms with Crippen molar-refractivity contribution < 1.29 is 4.74 Å². The minimum Gasteiger partial charge on any atom is -0.374 e. The maximum atomic E-state index is 5.47. The molecule has 1 atom stereocenters. The standard InChI is InChI=1S/C13H23N5O/c1-3-19-9-12-15-11(17-14)7-13(16-12)18-6-4-5-10(2)8-18/h7,10H,3-6,8-9,14H2,1-2H3,(H,15,16,17). The Labute approximate surface area is 114 Å². The van der Waals surface area contributed by atoms with E-state index in [1.165, 1.54) is 12.8 Å². The van der Waals surface area contributed by atoms with Gasteiger partial charge in [0.1, 0.15) is 18.2 Å². The smallest absolute Gasteiger partial charge is 0.158 e. The van der Waals surface area contributed by atoms with Gasteiger partial charge in [0.2, 0.25) is 0 Å². The van der Waals surface area contributed by atoms with E-state index < -0.39 is 0 Å². The molecule has 1 aliphatic heterocycles. The van der Waals surface area contributed by atoms with E-state index in [1.54, 1.807) is 0 Å². The van der Waals surface area contributed by atoms with Crippen LogP contribution in [-0.4, -0.2) is 29.7 Å². The number of nitrogens with two attached hydrogens (primary N) is 1. The fourth-order valence-corrected chi connectivity index (χ4v) is 2.37. The number of hydrogen-bond donors (Lipinski definition) is 2. The molecule has 2 rings (SSSR count). The summed E-state index contributed by atoms with van der Waals surface area (Å²) in [6, 6.07) is 1.90. The zero-order valence-electron chi connectivity index (χ0n) is 11.7. The molecule has 19 heavy (non-hydrogen) atoms. The quantitative estimate of drug-likeness (QED) is 0.621. The monoisotopic (exact) mass is 265 g/mol. The van der Waals surface area contributed by atoms with Gasteiger partial charge in [0.05, 0.1) is 0 Å². The molecule has 1 aromatic rings. The van der Waals surface area contributed by atoms with Crippen LogP contribution in [-0.2, 0) is 11.3 Å². The lowest BCUT2D eigenvalue weighted by atomic mass is 10.0. The van der Waals surface area contributed by atoms with E-state index in [-0.39, 0.29) is 0 Å². The third-order valence-corrected chi connectivity index (χ3v) is 3.32. The Hall–Kier alpha value is -1.40. The predicted octanol–water partition coefficient (Wildman–Crippen LogP) is 1.53. The Kier molecular flexibility index (Phi) is 4.93. The SMILES string of the molecule is CCOCc1nc(NN)cc(N2CCCC(C)C2)n1. The number of nitrogens with zero attached hydrogens (tertiary/aromatic N) is 3. The van der Waals surface area contributed by atoms with Crippen LogP contribution in [0.5, 0.6) is 0 Å². The molecule has 6 heteroatoms. The second-order valence-electron chi connectivity index (χ2n) is 5.00. The Morgan fingerprint density at radius 3 is 3.05 bits per heavy atom. The molecule has 0 aromatic carbocycles. The molecule has 1 fully saturated rings. The predicted molar refractivity (Wildman–Crippen MR) is 75.8 cm³/mol. The summed E-state index contributed by atoms with van der Waals surface area (Å²) < 4.78 is 5.37. The van der Waals surface area contributed by atoms with Gasteiger partial charge in [0, 0.05) is 25.8 Å². The van der Waals surface area contributed by atoms with Crippen molar-refractivity contribution in [3.8, 4) is 0 Å². The molecule has 0 amide bonds. The Morgan fingerprint density at radius 1 is 1.53 bits per heavy atom. The van der Waals surface area contributed by atoms with Crippen molar-refractivity contribution in [2.24, 2.45) is 11.8 Å². The summed E-state index contributed by atoms with van der Waals surface area (Å²) in [6.45, 7) is 7.38. The Morgan fingerprint density at radius 2 is 2.37 bits per heavy atom. The van der Waals surface area contributed by atoms with Crippen molar-refractivity contribution in [1.29, 1.82) is 0 Å². The lowest BCUT2D eigenvalue weighted by Crippen LogP contribution is -2.35. The minimum absolute atomic E-state index is 0.419. The first kappa shape index (κ1) is 14.0. The first-order chi connectivity index (χ1) is 9.22.